The molecule has 0 aromatic carbocycles. The fourth-order valence-electron chi connectivity index (χ4n) is 3.41. The van der Waals surface area contributed by atoms with E-state index in [9.17, 15) is 10.0 Å². The Balaban J connectivity index is 1.88. The minimum Gasteiger partial charge on any atom is -0.783 e. The van der Waals surface area contributed by atoms with Crippen molar-refractivity contribution in [3.05, 3.63) is 5.21 Å². The Hall–Kier alpha value is -0.610. The van der Waals surface area contributed by atoms with Crippen LogP contribution < -0.4 is 0 Å². The zero-order chi connectivity index (χ0) is 10.4. The van der Waals surface area contributed by atoms with Crippen LogP contribution in [0.2, 0.25) is 0 Å². The van der Waals surface area contributed by atoms with E-state index in [0.717, 1.165) is 45.1 Å². The first-order valence-electron chi connectivity index (χ1n) is 6.05. The van der Waals surface area contributed by atoms with Crippen LogP contribution in [0.5, 0.6) is 0 Å². The van der Waals surface area contributed by atoms with Crippen molar-refractivity contribution in [2.24, 2.45) is 5.92 Å². The summed E-state index contributed by atoms with van der Waals surface area (Å²) in [5, 5.41) is 13.3. The first kappa shape index (κ1) is 9.60. The summed E-state index contributed by atoms with van der Waals surface area (Å²) in [6.45, 7) is 0.797. The topological polar surface area (TPSA) is 46.6 Å². The van der Waals surface area contributed by atoms with Crippen molar-refractivity contribution < 1.29 is 4.79 Å². The van der Waals surface area contributed by atoms with Gasteiger partial charge in [-0.1, -0.05) is 12.8 Å². The largest absolute Gasteiger partial charge is 0.783 e. The summed E-state index contributed by atoms with van der Waals surface area (Å²) in [5.74, 6) is 0.264. The van der Waals surface area contributed by atoms with Gasteiger partial charge in [0.25, 0.3) is 0 Å². The molecule has 1 aliphatic carbocycles. The minimum atomic E-state index is -0.128. The molecule has 2 saturated heterocycles. The van der Waals surface area contributed by atoms with Crippen molar-refractivity contribution in [2.75, 3.05) is 6.54 Å². The molecule has 3 aliphatic rings. The smallest absolute Gasteiger partial charge is 0.228 e. The predicted molar refractivity (Wildman–Crippen MR) is 55.7 cm³/mol. The normalized spacial score (nSPS) is 41.5. The number of nitrogens with zero attached hydrogens (tertiary/aromatic N) is 2. The van der Waals surface area contributed by atoms with Crippen LogP contribution in [0.3, 0.4) is 0 Å². The van der Waals surface area contributed by atoms with Gasteiger partial charge in [0.15, 0.2) is 0 Å². The fourth-order valence-corrected chi connectivity index (χ4v) is 3.41. The molecule has 0 radical (unpaired) electrons. The first-order chi connectivity index (χ1) is 7.29. The van der Waals surface area contributed by atoms with Crippen molar-refractivity contribution in [1.82, 2.24) is 9.96 Å². The fraction of sp³-hybridized carbons (Fsp3) is 0.909. The van der Waals surface area contributed by atoms with Crippen molar-refractivity contribution in [3.63, 3.8) is 0 Å². The van der Waals surface area contributed by atoms with Crippen molar-refractivity contribution >= 4 is 5.91 Å². The highest BCUT2D eigenvalue weighted by Crippen LogP contribution is 2.38. The Morgan fingerprint density at radius 1 is 1.13 bits per heavy atom. The third-order valence-corrected chi connectivity index (χ3v) is 4.17. The number of hydrogen-bond donors (Lipinski definition) is 0. The second-order valence-corrected chi connectivity index (χ2v) is 4.97. The number of amides is 1. The highest BCUT2D eigenvalue weighted by molar-refractivity contribution is 5.81. The highest BCUT2D eigenvalue weighted by atomic mass is 16.5. The minimum absolute atomic E-state index is 0.00519. The molecule has 2 aliphatic heterocycles. The molecule has 1 saturated carbocycles. The van der Waals surface area contributed by atoms with Gasteiger partial charge >= 0.3 is 0 Å². The van der Waals surface area contributed by atoms with Crippen LogP contribution in [0.25, 0.3) is 0 Å². The maximum atomic E-state index is 12.1. The summed E-state index contributed by atoms with van der Waals surface area (Å²) in [6, 6.07) is -0.00870. The predicted octanol–water partition coefficient (Wildman–Crippen LogP) is 1.31. The van der Waals surface area contributed by atoms with Crippen molar-refractivity contribution in [1.29, 1.82) is 0 Å². The molecule has 1 amide bonds. The Labute approximate surface area is 89.8 Å². The molecule has 0 aromatic heterocycles. The summed E-state index contributed by atoms with van der Waals surface area (Å²) in [5.41, 5.74) is 0. The van der Waals surface area contributed by atoms with E-state index in [1.54, 1.807) is 0 Å². The van der Waals surface area contributed by atoms with E-state index in [0.29, 0.717) is 0 Å². The lowest BCUT2D eigenvalue weighted by molar-refractivity contribution is -0.152. The molecule has 3 fully saturated rings. The van der Waals surface area contributed by atoms with Crippen LogP contribution in [0, 0.1) is 11.1 Å². The Morgan fingerprint density at radius 3 is 2.80 bits per heavy atom. The van der Waals surface area contributed by atoms with Gasteiger partial charge in [-0.25, -0.2) is 0 Å². The van der Waals surface area contributed by atoms with Crippen LogP contribution in [0.15, 0.2) is 0 Å². The number of hydroxylamine groups is 2. The molecule has 3 unspecified atom stereocenters. The second kappa shape index (κ2) is 3.46. The summed E-state index contributed by atoms with van der Waals surface area (Å²) in [6.07, 6.45) is 5.80. The van der Waals surface area contributed by atoms with Crippen LogP contribution in [0.1, 0.15) is 38.5 Å². The van der Waals surface area contributed by atoms with Gasteiger partial charge in [0.2, 0.25) is 5.91 Å². The van der Waals surface area contributed by atoms with E-state index in [1.807, 2.05) is 4.90 Å². The third kappa shape index (κ3) is 1.31. The summed E-state index contributed by atoms with van der Waals surface area (Å²) in [4.78, 5) is 14.0. The van der Waals surface area contributed by atoms with Gasteiger partial charge < -0.3 is 15.2 Å². The van der Waals surface area contributed by atoms with Crippen LogP contribution in [0.4, 0.5) is 0 Å². The average molecular weight is 209 g/mol. The molecule has 84 valence electrons. The van der Waals surface area contributed by atoms with Crippen molar-refractivity contribution in [3.8, 4) is 0 Å². The molecule has 0 spiro atoms. The Morgan fingerprint density at radius 2 is 1.93 bits per heavy atom. The van der Waals surface area contributed by atoms with Gasteiger partial charge in [-0.05, 0) is 25.7 Å². The summed E-state index contributed by atoms with van der Waals surface area (Å²) < 4.78 is 0. The van der Waals surface area contributed by atoms with E-state index in [1.165, 1.54) is 5.06 Å². The lowest BCUT2D eigenvalue weighted by Crippen LogP contribution is -2.61. The van der Waals surface area contributed by atoms with E-state index < -0.39 is 0 Å². The van der Waals surface area contributed by atoms with E-state index in [4.69, 9.17) is 0 Å². The lowest BCUT2D eigenvalue weighted by Gasteiger charge is -2.54. The summed E-state index contributed by atoms with van der Waals surface area (Å²) in [7, 11) is 0. The number of carbonyl (C=O) groups is 1. The molecule has 2 heterocycles. The number of hydrogen-bond acceptors (Lipinski definition) is 3. The molecule has 4 nitrogen and oxygen atoms in total. The van der Waals surface area contributed by atoms with Crippen LogP contribution >= 0.6 is 0 Å². The molecule has 3 atom stereocenters. The second-order valence-electron chi connectivity index (χ2n) is 4.97. The standard InChI is InChI=1S/C11H17N2O2/c14-11-8-4-1-2-5-9(8)13(15)10-6-3-7-12(10)11/h8-10H,1-7H2/q-1. The maximum absolute atomic E-state index is 12.1. The molecule has 4 heteroatoms. The SMILES string of the molecule is O=C1C2CCCCC2N([O-])C2CCCN12. The van der Waals surface area contributed by atoms with Gasteiger partial charge in [0, 0.05) is 12.6 Å². The van der Waals surface area contributed by atoms with Crippen LogP contribution in [-0.2, 0) is 4.79 Å². The van der Waals surface area contributed by atoms with Gasteiger partial charge in [-0.3, -0.25) is 4.79 Å². The molecular weight excluding hydrogens is 192 g/mol. The third-order valence-electron chi connectivity index (χ3n) is 4.17. The van der Waals surface area contributed by atoms with Gasteiger partial charge in [-0.2, -0.15) is 0 Å². The van der Waals surface area contributed by atoms with E-state index in [-0.39, 0.29) is 24.0 Å². The Kier molecular flexibility index (Phi) is 2.21. The highest BCUT2D eigenvalue weighted by Gasteiger charge is 2.45. The zero-order valence-electron chi connectivity index (χ0n) is 8.89. The molecule has 0 N–H and O–H groups in total. The summed E-state index contributed by atoms with van der Waals surface area (Å²) >= 11 is 0. The van der Waals surface area contributed by atoms with Crippen molar-refractivity contribution in [2.45, 2.75) is 50.7 Å². The van der Waals surface area contributed by atoms with Gasteiger partial charge in [0.05, 0.1) is 12.1 Å². The number of fused-ring (bicyclic) bond motifs is 2. The Bertz CT molecular complexity index is 282. The molecule has 3 rings (SSSR count). The lowest BCUT2D eigenvalue weighted by atomic mass is 9.81. The maximum Gasteiger partial charge on any atom is 0.228 e. The van der Waals surface area contributed by atoms with Gasteiger partial charge in [-0.15, -0.1) is 0 Å². The average Bonchev–Trinajstić information content (AvgIpc) is 2.75. The number of rotatable bonds is 0. The first-order valence-corrected chi connectivity index (χ1v) is 6.05. The molecular formula is C11H17N2O2-. The molecule has 15 heavy (non-hydrogen) atoms. The van der Waals surface area contributed by atoms with E-state index >= 15 is 0 Å². The van der Waals surface area contributed by atoms with E-state index in [2.05, 4.69) is 0 Å². The van der Waals surface area contributed by atoms with Gasteiger partial charge in [0.1, 0.15) is 0 Å². The van der Waals surface area contributed by atoms with Crippen LogP contribution in [-0.4, -0.2) is 34.6 Å². The zero-order valence-corrected chi connectivity index (χ0v) is 8.89. The molecule has 0 aromatic rings. The quantitative estimate of drug-likeness (QED) is 0.604. The number of carbonyl (C=O) groups excluding carboxylic acids is 1. The molecule has 0 bridgehead atoms. The monoisotopic (exact) mass is 209 g/mol.